The molecule has 30 heavy (non-hydrogen) atoms. The molecule has 1 unspecified atom stereocenters. The minimum absolute atomic E-state index is 0.0204. The number of hydrogen-bond acceptors (Lipinski definition) is 3. The quantitative estimate of drug-likeness (QED) is 0.588. The molecule has 2 heterocycles. The molecule has 3 amide bonds. The van der Waals surface area contributed by atoms with Crippen molar-refractivity contribution in [3.05, 3.63) is 82.6 Å². The molecule has 154 valence electrons. The summed E-state index contributed by atoms with van der Waals surface area (Å²) in [6.45, 7) is 3.52. The smallest absolute Gasteiger partial charge is 0.324 e. The zero-order valence-electron chi connectivity index (χ0n) is 17.0. The largest absolute Gasteiger partial charge is 0.326 e. The number of rotatable bonds is 6. The van der Waals surface area contributed by atoms with Crippen molar-refractivity contribution < 1.29 is 9.59 Å². The summed E-state index contributed by atoms with van der Waals surface area (Å²) in [6, 6.07) is 21.6. The number of nitrogens with one attached hydrogen (secondary N) is 1. The number of benzene rings is 2. The van der Waals surface area contributed by atoms with Gasteiger partial charge in [-0.25, -0.2) is 4.79 Å². The van der Waals surface area contributed by atoms with Crippen molar-refractivity contribution in [2.24, 2.45) is 0 Å². The molecule has 0 saturated carbocycles. The number of thiophene rings is 1. The third kappa shape index (κ3) is 4.54. The molecule has 1 aliphatic rings. The normalized spacial score (nSPS) is 15.2. The number of amides is 3. The molecule has 0 radical (unpaired) electrons. The van der Waals surface area contributed by atoms with Gasteiger partial charge in [0.25, 0.3) is 0 Å². The molecule has 0 aliphatic carbocycles. The molecule has 2 aromatic carbocycles. The third-order valence-electron chi connectivity index (χ3n) is 5.38. The number of hydrogen-bond donors (Lipinski definition) is 1. The van der Waals surface area contributed by atoms with Crippen LogP contribution in [0.1, 0.15) is 29.8 Å². The lowest BCUT2D eigenvalue weighted by molar-refractivity contribution is -0.115. The van der Waals surface area contributed by atoms with Gasteiger partial charge in [-0.1, -0.05) is 36.4 Å². The molecule has 1 saturated heterocycles. The molecule has 1 fully saturated rings. The first kappa shape index (κ1) is 20.2. The van der Waals surface area contributed by atoms with Crippen molar-refractivity contribution >= 4 is 34.6 Å². The highest BCUT2D eigenvalue weighted by atomic mass is 32.1. The van der Waals surface area contributed by atoms with Crippen molar-refractivity contribution in [3.8, 4) is 0 Å². The zero-order chi connectivity index (χ0) is 20.9. The van der Waals surface area contributed by atoms with E-state index in [2.05, 4.69) is 24.4 Å². The molecule has 4 rings (SSSR count). The second-order valence-electron chi connectivity index (χ2n) is 7.42. The topological polar surface area (TPSA) is 52.6 Å². The highest BCUT2D eigenvalue weighted by Crippen LogP contribution is 2.28. The van der Waals surface area contributed by atoms with Crippen LogP contribution in [0.5, 0.6) is 0 Å². The highest BCUT2D eigenvalue weighted by molar-refractivity contribution is 7.10. The van der Waals surface area contributed by atoms with Gasteiger partial charge >= 0.3 is 6.03 Å². The first-order valence-electron chi connectivity index (χ1n) is 10.2. The summed E-state index contributed by atoms with van der Waals surface area (Å²) in [4.78, 5) is 30.1. The maximum absolute atomic E-state index is 13.2. The Morgan fingerprint density at radius 2 is 1.80 bits per heavy atom. The second kappa shape index (κ2) is 9.13. The molecule has 1 aromatic heterocycles. The maximum Gasteiger partial charge on any atom is 0.324 e. The average Bonchev–Trinajstić information content (AvgIpc) is 3.27. The van der Waals surface area contributed by atoms with Crippen LogP contribution in [-0.4, -0.2) is 29.9 Å². The monoisotopic (exact) mass is 419 g/mol. The zero-order valence-corrected chi connectivity index (χ0v) is 17.8. The molecular formula is C24H25N3O2S. The van der Waals surface area contributed by atoms with Crippen LogP contribution in [-0.2, 0) is 11.2 Å². The van der Waals surface area contributed by atoms with Gasteiger partial charge in [0.1, 0.15) is 0 Å². The Morgan fingerprint density at radius 1 is 1.03 bits per heavy atom. The van der Waals surface area contributed by atoms with E-state index in [4.69, 9.17) is 0 Å². The Hall–Kier alpha value is -3.12. The summed E-state index contributed by atoms with van der Waals surface area (Å²) >= 11 is 1.57. The molecule has 0 bridgehead atoms. The highest BCUT2D eigenvalue weighted by Gasteiger charge is 2.30. The molecule has 6 heteroatoms. The lowest BCUT2D eigenvalue weighted by Gasteiger charge is -2.39. The van der Waals surface area contributed by atoms with Crippen LogP contribution in [0, 0.1) is 0 Å². The van der Waals surface area contributed by atoms with Gasteiger partial charge in [-0.2, -0.15) is 0 Å². The summed E-state index contributed by atoms with van der Waals surface area (Å²) < 4.78 is 0. The lowest BCUT2D eigenvalue weighted by Crippen LogP contribution is -2.50. The first-order valence-corrected chi connectivity index (χ1v) is 11.0. The van der Waals surface area contributed by atoms with Gasteiger partial charge in [-0.05, 0) is 54.6 Å². The molecular weight excluding hydrogens is 394 g/mol. The minimum Gasteiger partial charge on any atom is -0.326 e. The fourth-order valence-corrected chi connectivity index (χ4v) is 4.46. The first-order chi connectivity index (χ1) is 14.6. The summed E-state index contributed by atoms with van der Waals surface area (Å²) in [5, 5.41) is 4.89. The van der Waals surface area contributed by atoms with Crippen molar-refractivity contribution in [2.45, 2.75) is 25.8 Å². The van der Waals surface area contributed by atoms with E-state index in [1.807, 2.05) is 69.8 Å². The van der Waals surface area contributed by atoms with Gasteiger partial charge in [-0.15, -0.1) is 11.3 Å². The third-order valence-corrected chi connectivity index (χ3v) is 6.26. The Bertz CT molecular complexity index is 987. The van der Waals surface area contributed by atoms with Crippen molar-refractivity contribution in [1.29, 1.82) is 0 Å². The predicted octanol–water partition coefficient (Wildman–Crippen LogP) is 5.32. The number of anilines is 2. The fourth-order valence-electron chi connectivity index (χ4n) is 3.76. The Kier molecular flexibility index (Phi) is 6.14. The van der Waals surface area contributed by atoms with Gasteiger partial charge < -0.3 is 10.2 Å². The van der Waals surface area contributed by atoms with E-state index in [9.17, 15) is 9.59 Å². The van der Waals surface area contributed by atoms with Crippen LogP contribution in [0.25, 0.3) is 0 Å². The van der Waals surface area contributed by atoms with Crippen molar-refractivity contribution in [2.75, 3.05) is 23.3 Å². The summed E-state index contributed by atoms with van der Waals surface area (Å²) in [7, 11) is 0. The van der Waals surface area contributed by atoms with Crippen LogP contribution >= 0.6 is 11.3 Å². The molecule has 5 nitrogen and oxygen atoms in total. The fraction of sp³-hybridized carbons (Fsp3) is 0.250. The van der Waals surface area contributed by atoms with Gasteiger partial charge in [0.2, 0.25) is 5.91 Å². The van der Waals surface area contributed by atoms with Gasteiger partial charge in [0, 0.05) is 29.3 Å². The SMILES string of the molecule is CC(c1ccccc1)N1CCCN(c2ccc(NC(=O)Cc3cccs3)cc2)C1=O. The maximum atomic E-state index is 13.2. The van der Waals surface area contributed by atoms with E-state index >= 15 is 0 Å². The van der Waals surface area contributed by atoms with Crippen molar-refractivity contribution in [3.63, 3.8) is 0 Å². The standard InChI is InChI=1S/C24H25N3O2S/c1-18(19-7-3-2-4-8-19)26-14-6-15-27(24(26)29)21-12-10-20(11-13-21)25-23(28)17-22-9-5-16-30-22/h2-5,7-13,16,18H,6,14-15,17H2,1H3,(H,25,28). The van der Waals surface area contributed by atoms with Gasteiger partial charge in [0.15, 0.2) is 0 Å². The number of carbonyl (C=O) groups excluding carboxylic acids is 2. The van der Waals surface area contributed by atoms with Crippen LogP contribution in [0.4, 0.5) is 16.2 Å². The number of urea groups is 1. The van der Waals surface area contributed by atoms with Crippen molar-refractivity contribution in [1.82, 2.24) is 4.90 Å². The molecule has 1 atom stereocenters. The molecule has 1 aliphatic heterocycles. The molecule has 3 aromatic rings. The van der Waals surface area contributed by atoms with Gasteiger partial charge in [0.05, 0.1) is 12.5 Å². The Balaban J connectivity index is 1.42. The molecule has 0 spiro atoms. The van der Waals surface area contributed by atoms with Gasteiger partial charge in [-0.3, -0.25) is 9.69 Å². The predicted molar refractivity (Wildman–Crippen MR) is 122 cm³/mol. The summed E-state index contributed by atoms with van der Waals surface area (Å²) in [6.07, 6.45) is 1.29. The van der Waals surface area contributed by atoms with E-state index in [1.165, 1.54) is 0 Å². The minimum atomic E-state index is -0.0397. The van der Waals surface area contributed by atoms with E-state index in [0.717, 1.165) is 34.8 Å². The summed E-state index contributed by atoms with van der Waals surface area (Å²) in [5.74, 6) is -0.0397. The van der Waals surface area contributed by atoms with Crippen LogP contribution in [0.2, 0.25) is 0 Å². The second-order valence-corrected chi connectivity index (χ2v) is 8.45. The summed E-state index contributed by atoms with van der Waals surface area (Å²) in [5.41, 5.74) is 2.72. The number of carbonyl (C=O) groups is 2. The van der Waals surface area contributed by atoms with E-state index in [1.54, 1.807) is 11.3 Å². The van der Waals surface area contributed by atoms with E-state index in [-0.39, 0.29) is 18.0 Å². The molecule has 1 N–H and O–H groups in total. The lowest BCUT2D eigenvalue weighted by atomic mass is 10.1. The number of nitrogens with zero attached hydrogens (tertiary/aromatic N) is 2. The Labute approximate surface area is 180 Å². The van der Waals surface area contributed by atoms with Crippen LogP contribution in [0.15, 0.2) is 72.1 Å². The van der Waals surface area contributed by atoms with Crippen LogP contribution < -0.4 is 10.2 Å². The Morgan fingerprint density at radius 3 is 2.50 bits per heavy atom. The van der Waals surface area contributed by atoms with E-state index < -0.39 is 0 Å². The van der Waals surface area contributed by atoms with E-state index in [0.29, 0.717) is 13.0 Å². The average molecular weight is 420 g/mol. The van der Waals surface area contributed by atoms with Crippen LogP contribution in [0.3, 0.4) is 0 Å².